The molecule has 0 amide bonds. The predicted octanol–water partition coefficient (Wildman–Crippen LogP) is 3.68. The molecule has 2 unspecified atom stereocenters. The Morgan fingerprint density at radius 1 is 1.35 bits per heavy atom. The molecule has 1 aliphatic carbocycles. The van der Waals surface area contributed by atoms with Crippen molar-refractivity contribution in [3.05, 3.63) is 30.0 Å². The molecule has 1 fully saturated rings. The third-order valence-corrected chi connectivity index (χ3v) is 5.06. The summed E-state index contributed by atoms with van der Waals surface area (Å²) in [5.74, 6) is 0.758. The van der Waals surface area contributed by atoms with Gasteiger partial charge in [-0.05, 0) is 31.2 Å². The van der Waals surface area contributed by atoms with Crippen LogP contribution in [0.4, 0.5) is 0 Å². The zero-order valence-electron chi connectivity index (χ0n) is 10.1. The molecule has 0 N–H and O–H groups in total. The van der Waals surface area contributed by atoms with Crippen molar-refractivity contribution in [3.8, 4) is 0 Å². The van der Waals surface area contributed by atoms with Gasteiger partial charge in [0.05, 0.1) is 11.2 Å². The molecule has 2 nitrogen and oxygen atoms in total. The van der Waals surface area contributed by atoms with Gasteiger partial charge in [0, 0.05) is 17.3 Å². The van der Waals surface area contributed by atoms with Crippen molar-refractivity contribution in [2.24, 2.45) is 13.0 Å². The van der Waals surface area contributed by atoms with E-state index in [-0.39, 0.29) is 0 Å². The normalized spacial score (nSPS) is 24.6. The molecule has 90 valence electrons. The second kappa shape index (κ2) is 4.45. The van der Waals surface area contributed by atoms with E-state index in [0.29, 0.717) is 4.83 Å². The van der Waals surface area contributed by atoms with Gasteiger partial charge in [-0.15, -0.1) is 0 Å². The average molecular weight is 293 g/mol. The summed E-state index contributed by atoms with van der Waals surface area (Å²) in [7, 11) is 2.03. The minimum Gasteiger partial charge on any atom is -0.268 e. The maximum atomic E-state index is 4.68. The highest BCUT2D eigenvalue weighted by Gasteiger charge is 2.26. The Hall–Kier alpha value is -0.830. The third-order valence-electron chi connectivity index (χ3n) is 3.86. The zero-order chi connectivity index (χ0) is 11.8. The van der Waals surface area contributed by atoms with Crippen LogP contribution >= 0.6 is 15.9 Å². The Bertz CT molecular complexity index is 532. The van der Waals surface area contributed by atoms with Crippen LogP contribution in [0.2, 0.25) is 0 Å². The van der Waals surface area contributed by atoms with E-state index >= 15 is 0 Å². The fourth-order valence-corrected chi connectivity index (χ4v) is 3.68. The highest BCUT2D eigenvalue weighted by molar-refractivity contribution is 9.09. The van der Waals surface area contributed by atoms with Gasteiger partial charge in [0.25, 0.3) is 0 Å². The molecule has 0 saturated heterocycles. The second-order valence-electron chi connectivity index (χ2n) is 5.00. The van der Waals surface area contributed by atoms with Crippen molar-refractivity contribution >= 4 is 26.8 Å². The summed E-state index contributed by atoms with van der Waals surface area (Å²) < 4.78 is 2.00. The van der Waals surface area contributed by atoms with Gasteiger partial charge in [-0.1, -0.05) is 40.5 Å². The van der Waals surface area contributed by atoms with Crippen LogP contribution in [0.5, 0.6) is 0 Å². The van der Waals surface area contributed by atoms with Crippen LogP contribution in [0.15, 0.2) is 24.3 Å². The highest BCUT2D eigenvalue weighted by atomic mass is 79.9. The minimum absolute atomic E-state index is 0.684. The van der Waals surface area contributed by atoms with Crippen LogP contribution < -0.4 is 0 Å². The Labute approximate surface area is 110 Å². The van der Waals surface area contributed by atoms with Gasteiger partial charge in [-0.3, -0.25) is 4.68 Å². The zero-order valence-corrected chi connectivity index (χ0v) is 11.7. The first-order valence-corrected chi connectivity index (χ1v) is 7.22. The van der Waals surface area contributed by atoms with Gasteiger partial charge < -0.3 is 0 Å². The molecule has 2 aromatic rings. The highest BCUT2D eigenvalue weighted by Crippen LogP contribution is 2.34. The Morgan fingerprint density at radius 3 is 2.94 bits per heavy atom. The summed E-state index contributed by atoms with van der Waals surface area (Å²) in [6.45, 7) is 0. The number of fused-ring (bicyclic) bond motifs is 1. The number of halogens is 1. The average Bonchev–Trinajstić information content (AvgIpc) is 2.87. The van der Waals surface area contributed by atoms with Crippen molar-refractivity contribution in [1.29, 1.82) is 0 Å². The number of para-hydroxylation sites is 1. The number of aromatic nitrogens is 2. The first-order valence-electron chi connectivity index (χ1n) is 6.30. The number of rotatable bonds is 2. The monoisotopic (exact) mass is 292 g/mol. The molecule has 1 aromatic heterocycles. The van der Waals surface area contributed by atoms with Gasteiger partial charge in [-0.25, -0.2) is 0 Å². The fraction of sp³-hybridized carbons (Fsp3) is 0.500. The van der Waals surface area contributed by atoms with E-state index in [2.05, 4.69) is 45.3 Å². The molecule has 1 aliphatic rings. The standard InChI is InChI=1S/C14H17BrN2/c1-17-14-8-3-2-6-11(14)13(16-17)9-10-5-4-7-12(10)15/h2-3,6,8,10,12H,4-5,7,9H2,1H3. The molecular weight excluding hydrogens is 276 g/mol. The van der Waals surface area contributed by atoms with Crippen LogP contribution in [0.25, 0.3) is 10.9 Å². The number of benzene rings is 1. The number of alkyl halides is 1. The smallest absolute Gasteiger partial charge is 0.0706 e. The lowest BCUT2D eigenvalue weighted by molar-refractivity contribution is 0.551. The fourth-order valence-electron chi connectivity index (χ4n) is 2.91. The van der Waals surface area contributed by atoms with E-state index in [0.717, 1.165) is 12.3 Å². The Balaban J connectivity index is 1.95. The number of hydrogen-bond acceptors (Lipinski definition) is 1. The molecule has 0 radical (unpaired) electrons. The Kier molecular flexibility index (Phi) is 2.95. The molecule has 1 aromatic carbocycles. The number of hydrogen-bond donors (Lipinski definition) is 0. The summed E-state index contributed by atoms with van der Waals surface area (Å²) in [6.07, 6.45) is 5.11. The molecule has 1 saturated carbocycles. The second-order valence-corrected chi connectivity index (χ2v) is 6.17. The van der Waals surface area contributed by atoms with Gasteiger partial charge in [0.2, 0.25) is 0 Å². The predicted molar refractivity (Wildman–Crippen MR) is 74.5 cm³/mol. The van der Waals surface area contributed by atoms with Gasteiger partial charge in [-0.2, -0.15) is 5.10 Å². The molecule has 0 bridgehead atoms. The van der Waals surface area contributed by atoms with E-state index < -0.39 is 0 Å². The molecule has 0 aliphatic heterocycles. The lowest BCUT2D eigenvalue weighted by Gasteiger charge is -2.11. The molecule has 1 heterocycles. The summed E-state index contributed by atoms with van der Waals surface area (Å²) in [6, 6.07) is 8.52. The minimum atomic E-state index is 0.684. The van der Waals surface area contributed by atoms with E-state index in [1.807, 2.05) is 11.7 Å². The van der Waals surface area contributed by atoms with Crippen LogP contribution in [0.3, 0.4) is 0 Å². The van der Waals surface area contributed by atoms with E-state index in [1.54, 1.807) is 0 Å². The van der Waals surface area contributed by atoms with E-state index in [9.17, 15) is 0 Å². The SMILES string of the molecule is Cn1nc(CC2CCCC2Br)c2ccccc21. The first kappa shape index (κ1) is 11.3. The van der Waals surface area contributed by atoms with E-state index in [1.165, 1.54) is 35.9 Å². The van der Waals surface area contributed by atoms with Crippen molar-refractivity contribution in [2.45, 2.75) is 30.5 Å². The maximum absolute atomic E-state index is 4.68. The van der Waals surface area contributed by atoms with E-state index in [4.69, 9.17) is 0 Å². The number of nitrogens with zero attached hydrogens (tertiary/aromatic N) is 2. The molecule has 3 rings (SSSR count). The summed E-state index contributed by atoms with van der Waals surface area (Å²) >= 11 is 3.80. The molecule has 17 heavy (non-hydrogen) atoms. The summed E-state index contributed by atoms with van der Waals surface area (Å²) in [5, 5.41) is 6.00. The van der Waals surface area contributed by atoms with Gasteiger partial charge in [0.1, 0.15) is 0 Å². The van der Waals surface area contributed by atoms with Crippen molar-refractivity contribution in [3.63, 3.8) is 0 Å². The lowest BCUT2D eigenvalue weighted by atomic mass is 10.00. The number of aryl methyl sites for hydroxylation is 1. The quantitative estimate of drug-likeness (QED) is 0.772. The van der Waals surface area contributed by atoms with Crippen molar-refractivity contribution < 1.29 is 0 Å². The summed E-state index contributed by atoms with van der Waals surface area (Å²) in [5.41, 5.74) is 2.51. The van der Waals surface area contributed by atoms with Crippen LogP contribution in [0.1, 0.15) is 25.0 Å². The molecule has 0 spiro atoms. The van der Waals surface area contributed by atoms with Crippen LogP contribution in [-0.4, -0.2) is 14.6 Å². The first-order chi connectivity index (χ1) is 8.25. The van der Waals surface area contributed by atoms with Crippen molar-refractivity contribution in [2.75, 3.05) is 0 Å². The topological polar surface area (TPSA) is 17.8 Å². The van der Waals surface area contributed by atoms with Crippen LogP contribution in [-0.2, 0) is 13.5 Å². The van der Waals surface area contributed by atoms with Crippen molar-refractivity contribution in [1.82, 2.24) is 9.78 Å². The lowest BCUT2D eigenvalue weighted by Crippen LogP contribution is -2.10. The Morgan fingerprint density at radius 2 is 2.18 bits per heavy atom. The molecule has 3 heteroatoms. The maximum Gasteiger partial charge on any atom is 0.0706 e. The summed E-state index contributed by atoms with van der Waals surface area (Å²) in [4.78, 5) is 0.684. The largest absolute Gasteiger partial charge is 0.268 e. The van der Waals surface area contributed by atoms with Gasteiger partial charge in [0.15, 0.2) is 0 Å². The van der Waals surface area contributed by atoms with Crippen LogP contribution in [0, 0.1) is 5.92 Å². The van der Waals surface area contributed by atoms with Gasteiger partial charge >= 0.3 is 0 Å². The molecular formula is C14H17BrN2. The molecule has 2 atom stereocenters. The third kappa shape index (κ3) is 2.01.